The summed E-state index contributed by atoms with van der Waals surface area (Å²) in [7, 11) is 2.17. The Morgan fingerprint density at radius 1 is 1.27 bits per heavy atom. The van der Waals surface area contributed by atoms with Crippen LogP contribution in [0.3, 0.4) is 0 Å². The van der Waals surface area contributed by atoms with Crippen LogP contribution >= 0.6 is 0 Å². The number of hydrogen-bond donors (Lipinski definition) is 1. The van der Waals surface area contributed by atoms with Crippen LogP contribution in [0.2, 0.25) is 0 Å². The zero-order chi connectivity index (χ0) is 12.2. The number of hydrogen-bond acceptors (Lipinski definition) is 5. The van der Waals surface area contributed by atoms with Gasteiger partial charge in [-0.15, -0.1) is 0 Å². The van der Waals surface area contributed by atoms with E-state index in [1.165, 1.54) is 6.92 Å². The Morgan fingerprint density at radius 2 is 1.60 bits per heavy atom. The van der Waals surface area contributed by atoms with Gasteiger partial charge in [0.1, 0.15) is 0 Å². The van der Waals surface area contributed by atoms with Crippen molar-refractivity contribution in [2.45, 2.75) is 19.4 Å². The Kier molecular flexibility index (Phi) is 4.48. The van der Waals surface area contributed by atoms with E-state index in [0.29, 0.717) is 5.57 Å². The molecule has 0 radical (unpaired) electrons. The summed E-state index contributed by atoms with van der Waals surface area (Å²) in [5.74, 6) is -2.88. The SMILES string of the molecule is C=C(C)C(C)C(O)(C(=O)OC)C(=O)OC. The van der Waals surface area contributed by atoms with Gasteiger partial charge in [0.2, 0.25) is 0 Å². The van der Waals surface area contributed by atoms with Crippen LogP contribution in [0.25, 0.3) is 0 Å². The largest absolute Gasteiger partial charge is 0.466 e. The smallest absolute Gasteiger partial charge is 0.350 e. The molecule has 1 atom stereocenters. The zero-order valence-electron chi connectivity index (χ0n) is 9.36. The second-order valence-electron chi connectivity index (χ2n) is 3.32. The predicted octanol–water partition coefficient (Wildman–Crippen LogP) is 0.276. The molecule has 1 N–H and O–H groups in total. The minimum absolute atomic E-state index is 0.480. The van der Waals surface area contributed by atoms with Crippen molar-refractivity contribution in [3.05, 3.63) is 12.2 Å². The van der Waals surface area contributed by atoms with E-state index in [9.17, 15) is 14.7 Å². The Hall–Kier alpha value is -1.36. The summed E-state index contributed by atoms with van der Waals surface area (Å²) in [4.78, 5) is 22.7. The fourth-order valence-electron chi connectivity index (χ4n) is 1.10. The molecule has 0 fully saturated rings. The van der Waals surface area contributed by atoms with E-state index in [0.717, 1.165) is 14.2 Å². The number of carbonyl (C=O) groups is 2. The van der Waals surface area contributed by atoms with Gasteiger partial charge < -0.3 is 14.6 Å². The first-order chi connectivity index (χ1) is 6.82. The molecule has 0 aliphatic heterocycles. The summed E-state index contributed by atoms with van der Waals surface area (Å²) in [5.41, 5.74) is -1.84. The molecule has 0 aromatic heterocycles. The number of aliphatic hydroxyl groups is 1. The number of ether oxygens (including phenoxy) is 2. The normalized spacial score (nSPS) is 12.9. The van der Waals surface area contributed by atoms with Gasteiger partial charge in [-0.3, -0.25) is 0 Å². The minimum Gasteiger partial charge on any atom is -0.466 e. The fraction of sp³-hybridized carbons (Fsp3) is 0.600. The Morgan fingerprint density at radius 3 is 1.80 bits per heavy atom. The van der Waals surface area contributed by atoms with Gasteiger partial charge in [0, 0.05) is 5.92 Å². The topological polar surface area (TPSA) is 72.8 Å². The van der Waals surface area contributed by atoms with E-state index in [-0.39, 0.29) is 0 Å². The molecule has 0 saturated heterocycles. The quantitative estimate of drug-likeness (QED) is 0.415. The first-order valence-corrected chi connectivity index (χ1v) is 4.36. The first kappa shape index (κ1) is 13.6. The van der Waals surface area contributed by atoms with Crippen LogP contribution in [-0.2, 0) is 19.1 Å². The maximum Gasteiger partial charge on any atom is 0.350 e. The summed E-state index contributed by atoms with van der Waals surface area (Å²) in [5, 5.41) is 9.98. The lowest BCUT2D eigenvalue weighted by molar-refractivity contribution is -0.184. The highest BCUT2D eigenvalue weighted by atomic mass is 16.6. The first-order valence-electron chi connectivity index (χ1n) is 4.36. The van der Waals surface area contributed by atoms with Gasteiger partial charge in [-0.25, -0.2) is 9.59 Å². The van der Waals surface area contributed by atoms with Crippen molar-refractivity contribution in [2.75, 3.05) is 14.2 Å². The molecule has 0 aromatic rings. The van der Waals surface area contributed by atoms with Crippen LogP contribution in [0.5, 0.6) is 0 Å². The van der Waals surface area contributed by atoms with Crippen LogP contribution in [0.4, 0.5) is 0 Å². The highest BCUT2D eigenvalue weighted by Gasteiger charge is 2.51. The zero-order valence-corrected chi connectivity index (χ0v) is 9.36. The van der Waals surface area contributed by atoms with Crippen molar-refractivity contribution in [1.29, 1.82) is 0 Å². The second kappa shape index (κ2) is 4.93. The molecule has 5 nitrogen and oxygen atoms in total. The molecule has 0 aliphatic rings. The molecule has 0 spiro atoms. The lowest BCUT2D eigenvalue weighted by atomic mass is 9.84. The van der Waals surface area contributed by atoms with Gasteiger partial charge in [0.05, 0.1) is 14.2 Å². The standard InChI is InChI=1S/C10H16O5/c1-6(2)7(3)10(13,8(11)14-4)9(12)15-5/h7,13H,1H2,2-5H3. The summed E-state index contributed by atoms with van der Waals surface area (Å²) in [6.07, 6.45) is 0. The molecule has 15 heavy (non-hydrogen) atoms. The summed E-state index contributed by atoms with van der Waals surface area (Å²) in [6, 6.07) is 0. The van der Waals surface area contributed by atoms with E-state index >= 15 is 0 Å². The lowest BCUT2D eigenvalue weighted by Gasteiger charge is -2.28. The van der Waals surface area contributed by atoms with Gasteiger partial charge in [0.15, 0.2) is 0 Å². The van der Waals surface area contributed by atoms with Crippen molar-refractivity contribution in [3.8, 4) is 0 Å². The molecule has 0 heterocycles. The molecule has 0 amide bonds. The van der Waals surface area contributed by atoms with Gasteiger partial charge >= 0.3 is 11.9 Å². The van der Waals surface area contributed by atoms with Crippen molar-refractivity contribution in [1.82, 2.24) is 0 Å². The molecule has 5 heteroatoms. The number of carbonyl (C=O) groups excluding carboxylic acids is 2. The maximum absolute atomic E-state index is 11.4. The molecule has 0 saturated carbocycles. The van der Waals surface area contributed by atoms with Crippen molar-refractivity contribution in [3.63, 3.8) is 0 Å². The summed E-state index contributed by atoms with van der Waals surface area (Å²) < 4.78 is 8.76. The lowest BCUT2D eigenvalue weighted by Crippen LogP contribution is -2.53. The summed E-state index contributed by atoms with van der Waals surface area (Å²) >= 11 is 0. The van der Waals surface area contributed by atoms with Crippen LogP contribution in [0.15, 0.2) is 12.2 Å². The minimum atomic E-state index is -2.32. The van der Waals surface area contributed by atoms with Crippen LogP contribution in [-0.4, -0.2) is 36.9 Å². The molecule has 0 aliphatic carbocycles. The Labute approximate surface area is 88.7 Å². The summed E-state index contributed by atoms with van der Waals surface area (Å²) in [6.45, 7) is 6.67. The number of rotatable bonds is 4. The molecule has 86 valence electrons. The van der Waals surface area contributed by atoms with Gasteiger partial charge in [0.25, 0.3) is 5.60 Å². The number of methoxy groups -OCH3 is 2. The van der Waals surface area contributed by atoms with Crippen molar-refractivity contribution < 1.29 is 24.2 Å². The monoisotopic (exact) mass is 216 g/mol. The third-order valence-electron chi connectivity index (χ3n) is 2.36. The molecule has 0 rings (SSSR count). The van der Waals surface area contributed by atoms with Crippen LogP contribution in [0, 0.1) is 5.92 Å². The fourth-order valence-corrected chi connectivity index (χ4v) is 1.10. The van der Waals surface area contributed by atoms with Gasteiger partial charge in [-0.2, -0.15) is 0 Å². The number of esters is 2. The highest BCUT2D eigenvalue weighted by molar-refractivity contribution is 6.04. The average Bonchev–Trinajstić information content (AvgIpc) is 2.24. The van der Waals surface area contributed by atoms with E-state index in [2.05, 4.69) is 16.1 Å². The average molecular weight is 216 g/mol. The molecule has 0 bridgehead atoms. The van der Waals surface area contributed by atoms with Crippen LogP contribution < -0.4 is 0 Å². The Bertz CT molecular complexity index is 266. The van der Waals surface area contributed by atoms with Crippen molar-refractivity contribution >= 4 is 11.9 Å². The van der Waals surface area contributed by atoms with Crippen molar-refractivity contribution in [2.24, 2.45) is 5.92 Å². The van der Waals surface area contributed by atoms with E-state index < -0.39 is 23.5 Å². The molecular formula is C10H16O5. The third kappa shape index (κ3) is 2.36. The molecule has 1 unspecified atom stereocenters. The van der Waals surface area contributed by atoms with Gasteiger partial charge in [-0.1, -0.05) is 19.1 Å². The predicted molar refractivity (Wildman–Crippen MR) is 53.0 cm³/mol. The van der Waals surface area contributed by atoms with E-state index in [4.69, 9.17) is 0 Å². The third-order valence-corrected chi connectivity index (χ3v) is 2.36. The van der Waals surface area contributed by atoms with E-state index in [1.54, 1.807) is 6.92 Å². The van der Waals surface area contributed by atoms with Crippen LogP contribution in [0.1, 0.15) is 13.8 Å². The highest BCUT2D eigenvalue weighted by Crippen LogP contribution is 2.26. The molecular weight excluding hydrogens is 200 g/mol. The maximum atomic E-state index is 11.4. The molecule has 0 aromatic carbocycles. The van der Waals surface area contributed by atoms with Gasteiger partial charge in [-0.05, 0) is 6.92 Å². The Balaban J connectivity index is 5.29. The van der Waals surface area contributed by atoms with E-state index in [1.807, 2.05) is 0 Å². The second-order valence-corrected chi connectivity index (χ2v) is 3.32.